The van der Waals surface area contributed by atoms with Gasteiger partial charge in [0.15, 0.2) is 5.76 Å². The number of halogens is 1. The molecule has 2 rings (SSSR count). The van der Waals surface area contributed by atoms with E-state index in [-0.39, 0.29) is 24.1 Å². The maximum absolute atomic E-state index is 12.1. The number of aliphatic hydroxyl groups excluding tert-OH is 1. The molecule has 0 saturated carbocycles. The SMILES string of the molecule is Cc1c(C(=O)NCC(O)C(C)C)oc2ccc(Cl)cc12. The number of hydrogen-bond acceptors (Lipinski definition) is 3. The van der Waals surface area contributed by atoms with E-state index >= 15 is 0 Å². The summed E-state index contributed by atoms with van der Waals surface area (Å²) in [6.07, 6.45) is -0.571. The Morgan fingerprint density at radius 3 is 2.80 bits per heavy atom. The molecule has 1 unspecified atom stereocenters. The third-order valence-corrected chi connectivity index (χ3v) is 3.58. The van der Waals surface area contributed by atoms with Crippen LogP contribution in [0.1, 0.15) is 30.0 Å². The van der Waals surface area contributed by atoms with E-state index in [0.717, 1.165) is 10.9 Å². The van der Waals surface area contributed by atoms with Gasteiger partial charge in [-0.2, -0.15) is 0 Å². The van der Waals surface area contributed by atoms with Crippen molar-refractivity contribution >= 4 is 28.5 Å². The summed E-state index contributed by atoms with van der Waals surface area (Å²) < 4.78 is 5.56. The molecule has 0 spiro atoms. The van der Waals surface area contributed by atoms with Crippen LogP contribution in [0.4, 0.5) is 0 Å². The number of furan rings is 1. The van der Waals surface area contributed by atoms with E-state index in [1.807, 2.05) is 20.8 Å². The monoisotopic (exact) mass is 295 g/mol. The van der Waals surface area contributed by atoms with Crippen LogP contribution in [0.5, 0.6) is 0 Å². The normalized spacial score (nSPS) is 12.9. The third-order valence-electron chi connectivity index (χ3n) is 3.35. The zero-order valence-corrected chi connectivity index (χ0v) is 12.5. The van der Waals surface area contributed by atoms with Gasteiger partial charge in [0.25, 0.3) is 5.91 Å². The quantitative estimate of drug-likeness (QED) is 0.911. The summed E-state index contributed by atoms with van der Waals surface area (Å²) in [6.45, 7) is 5.81. The lowest BCUT2D eigenvalue weighted by Crippen LogP contribution is -2.34. The van der Waals surface area contributed by atoms with Crippen LogP contribution in [0.2, 0.25) is 5.02 Å². The number of carbonyl (C=O) groups excluding carboxylic acids is 1. The van der Waals surface area contributed by atoms with E-state index in [1.165, 1.54) is 0 Å². The molecule has 0 aliphatic heterocycles. The van der Waals surface area contributed by atoms with Crippen molar-refractivity contribution < 1.29 is 14.3 Å². The lowest BCUT2D eigenvalue weighted by Gasteiger charge is -2.14. The highest BCUT2D eigenvalue weighted by atomic mass is 35.5. The predicted molar refractivity (Wildman–Crippen MR) is 79.1 cm³/mol. The average molecular weight is 296 g/mol. The third kappa shape index (κ3) is 2.97. The van der Waals surface area contributed by atoms with E-state index in [9.17, 15) is 9.90 Å². The molecular formula is C15H18ClNO3. The number of aliphatic hydroxyl groups is 1. The number of rotatable bonds is 4. The summed E-state index contributed by atoms with van der Waals surface area (Å²) in [5, 5.41) is 13.8. The number of fused-ring (bicyclic) bond motifs is 1. The number of carbonyl (C=O) groups is 1. The van der Waals surface area contributed by atoms with Crippen LogP contribution in [0.15, 0.2) is 22.6 Å². The van der Waals surface area contributed by atoms with Crippen molar-refractivity contribution in [1.82, 2.24) is 5.32 Å². The molecule has 0 fully saturated rings. The van der Waals surface area contributed by atoms with Crippen molar-refractivity contribution in [2.24, 2.45) is 5.92 Å². The van der Waals surface area contributed by atoms with E-state index in [2.05, 4.69) is 5.32 Å². The van der Waals surface area contributed by atoms with E-state index in [0.29, 0.717) is 10.6 Å². The van der Waals surface area contributed by atoms with Gasteiger partial charge in [0.1, 0.15) is 5.58 Å². The summed E-state index contributed by atoms with van der Waals surface area (Å²) in [4.78, 5) is 12.1. The van der Waals surface area contributed by atoms with Gasteiger partial charge < -0.3 is 14.8 Å². The minimum atomic E-state index is -0.571. The lowest BCUT2D eigenvalue weighted by molar-refractivity contribution is 0.0848. The molecule has 1 amide bonds. The van der Waals surface area contributed by atoms with Gasteiger partial charge in [0, 0.05) is 22.5 Å². The van der Waals surface area contributed by atoms with Crippen molar-refractivity contribution in [2.75, 3.05) is 6.54 Å². The average Bonchev–Trinajstić information content (AvgIpc) is 2.73. The van der Waals surface area contributed by atoms with Crippen molar-refractivity contribution in [3.05, 3.63) is 34.5 Å². The predicted octanol–water partition coefficient (Wildman–Crippen LogP) is 3.14. The molecule has 0 saturated heterocycles. The summed E-state index contributed by atoms with van der Waals surface area (Å²) in [7, 11) is 0. The highest BCUT2D eigenvalue weighted by molar-refractivity contribution is 6.31. The second kappa shape index (κ2) is 5.85. The van der Waals surface area contributed by atoms with Gasteiger partial charge in [-0.25, -0.2) is 0 Å². The Labute approximate surface area is 122 Å². The largest absolute Gasteiger partial charge is 0.451 e. The molecule has 0 aliphatic carbocycles. The highest BCUT2D eigenvalue weighted by Crippen LogP contribution is 2.27. The fourth-order valence-corrected chi connectivity index (χ4v) is 2.10. The summed E-state index contributed by atoms with van der Waals surface area (Å²) in [6, 6.07) is 5.23. The first-order chi connectivity index (χ1) is 9.40. The smallest absolute Gasteiger partial charge is 0.287 e. The maximum Gasteiger partial charge on any atom is 0.287 e. The van der Waals surface area contributed by atoms with Crippen LogP contribution in [-0.4, -0.2) is 23.7 Å². The molecular weight excluding hydrogens is 278 g/mol. The second-order valence-corrected chi connectivity index (χ2v) is 5.65. The maximum atomic E-state index is 12.1. The zero-order chi connectivity index (χ0) is 14.9. The van der Waals surface area contributed by atoms with E-state index < -0.39 is 6.10 Å². The van der Waals surface area contributed by atoms with Gasteiger partial charge in [0.2, 0.25) is 0 Å². The van der Waals surface area contributed by atoms with Crippen molar-refractivity contribution in [2.45, 2.75) is 26.9 Å². The van der Waals surface area contributed by atoms with Crippen molar-refractivity contribution in [3.63, 3.8) is 0 Å². The van der Waals surface area contributed by atoms with Crippen LogP contribution < -0.4 is 5.32 Å². The molecule has 108 valence electrons. The molecule has 1 aromatic heterocycles. The Kier molecular flexibility index (Phi) is 4.35. The summed E-state index contributed by atoms with van der Waals surface area (Å²) in [5.74, 6) is 0.0265. The molecule has 1 atom stereocenters. The molecule has 2 N–H and O–H groups in total. The number of hydrogen-bond donors (Lipinski definition) is 2. The molecule has 0 aliphatic rings. The van der Waals surface area contributed by atoms with Gasteiger partial charge in [-0.3, -0.25) is 4.79 Å². The van der Waals surface area contributed by atoms with Crippen LogP contribution in [-0.2, 0) is 0 Å². The van der Waals surface area contributed by atoms with E-state index in [4.69, 9.17) is 16.0 Å². The first kappa shape index (κ1) is 14.9. The first-order valence-electron chi connectivity index (χ1n) is 6.55. The lowest BCUT2D eigenvalue weighted by atomic mass is 10.1. The van der Waals surface area contributed by atoms with Gasteiger partial charge in [-0.15, -0.1) is 0 Å². The van der Waals surface area contributed by atoms with Crippen molar-refractivity contribution in [1.29, 1.82) is 0 Å². The van der Waals surface area contributed by atoms with Crippen LogP contribution in [0, 0.1) is 12.8 Å². The van der Waals surface area contributed by atoms with Crippen LogP contribution >= 0.6 is 11.6 Å². The molecule has 20 heavy (non-hydrogen) atoms. The minimum absolute atomic E-state index is 0.0888. The number of amides is 1. The Morgan fingerprint density at radius 2 is 2.15 bits per heavy atom. The van der Waals surface area contributed by atoms with E-state index in [1.54, 1.807) is 18.2 Å². The molecule has 0 bridgehead atoms. The zero-order valence-electron chi connectivity index (χ0n) is 11.7. The fraction of sp³-hybridized carbons (Fsp3) is 0.400. The summed E-state index contributed by atoms with van der Waals surface area (Å²) >= 11 is 5.94. The minimum Gasteiger partial charge on any atom is -0.451 e. The number of benzene rings is 1. The topological polar surface area (TPSA) is 62.5 Å². The number of nitrogens with one attached hydrogen (secondary N) is 1. The van der Waals surface area contributed by atoms with Crippen LogP contribution in [0.25, 0.3) is 11.0 Å². The molecule has 1 aromatic carbocycles. The first-order valence-corrected chi connectivity index (χ1v) is 6.93. The second-order valence-electron chi connectivity index (χ2n) is 5.22. The molecule has 1 heterocycles. The number of aryl methyl sites for hydroxylation is 1. The Hall–Kier alpha value is -1.52. The van der Waals surface area contributed by atoms with Gasteiger partial charge >= 0.3 is 0 Å². The van der Waals surface area contributed by atoms with Crippen LogP contribution in [0.3, 0.4) is 0 Å². The highest BCUT2D eigenvalue weighted by Gasteiger charge is 2.19. The summed E-state index contributed by atoms with van der Waals surface area (Å²) in [5.41, 5.74) is 1.38. The standard InChI is InChI=1S/C15H18ClNO3/c1-8(2)12(18)7-17-15(19)14-9(3)11-6-10(16)4-5-13(11)20-14/h4-6,8,12,18H,7H2,1-3H3,(H,17,19). The Morgan fingerprint density at radius 1 is 1.45 bits per heavy atom. The molecule has 0 radical (unpaired) electrons. The molecule has 5 heteroatoms. The van der Waals surface area contributed by atoms with Crippen molar-refractivity contribution in [3.8, 4) is 0 Å². The molecule has 4 nitrogen and oxygen atoms in total. The van der Waals surface area contributed by atoms with Gasteiger partial charge in [-0.1, -0.05) is 25.4 Å². The fourth-order valence-electron chi connectivity index (χ4n) is 1.92. The van der Waals surface area contributed by atoms with Gasteiger partial charge in [-0.05, 0) is 31.0 Å². The Bertz CT molecular complexity index is 633. The Balaban J connectivity index is 2.20. The molecule has 2 aromatic rings. The van der Waals surface area contributed by atoms with Gasteiger partial charge in [0.05, 0.1) is 6.10 Å².